The smallest absolute Gasteiger partial charge is 0.321 e. The Labute approximate surface area is 93.4 Å². The zero-order valence-electron chi connectivity index (χ0n) is 9.01. The highest BCUT2D eigenvalue weighted by Gasteiger charge is 2.05. The summed E-state index contributed by atoms with van der Waals surface area (Å²) in [4.78, 5) is 4.10. The van der Waals surface area contributed by atoms with Gasteiger partial charge >= 0.3 is 6.01 Å². The Bertz CT molecular complexity index is 428. The normalized spacial score (nSPS) is 10.1. The molecule has 0 amide bonds. The molecule has 2 rings (SSSR count). The van der Waals surface area contributed by atoms with Crippen molar-refractivity contribution in [2.45, 2.75) is 13.5 Å². The highest BCUT2D eigenvalue weighted by atomic mass is 16.5. The third-order valence-electron chi connectivity index (χ3n) is 1.91. The maximum atomic E-state index is 5.47. The molecule has 0 fully saturated rings. The minimum absolute atomic E-state index is 0.304. The Morgan fingerprint density at radius 1 is 1.31 bits per heavy atom. The first-order valence-electron chi connectivity index (χ1n) is 5.13. The second kappa shape index (κ2) is 5.16. The van der Waals surface area contributed by atoms with Crippen molar-refractivity contribution < 1.29 is 9.26 Å². The Hall–Kier alpha value is -2.04. The summed E-state index contributed by atoms with van der Waals surface area (Å²) in [5.74, 6) is 1.32. The summed E-state index contributed by atoms with van der Waals surface area (Å²) in [6, 6.07) is 9.95. The van der Waals surface area contributed by atoms with E-state index in [-0.39, 0.29) is 0 Å². The molecular formula is C11H13N3O2. The second-order valence-electron chi connectivity index (χ2n) is 3.15. The van der Waals surface area contributed by atoms with E-state index in [4.69, 9.17) is 9.26 Å². The van der Waals surface area contributed by atoms with Gasteiger partial charge < -0.3 is 14.6 Å². The third-order valence-corrected chi connectivity index (χ3v) is 1.91. The number of aromatic nitrogens is 2. The Morgan fingerprint density at radius 2 is 2.12 bits per heavy atom. The number of rotatable bonds is 5. The average molecular weight is 219 g/mol. The molecule has 5 nitrogen and oxygen atoms in total. The molecule has 0 bridgehead atoms. The fourth-order valence-corrected chi connectivity index (χ4v) is 1.20. The van der Waals surface area contributed by atoms with E-state index in [1.807, 2.05) is 37.3 Å². The predicted molar refractivity (Wildman–Crippen MR) is 59.2 cm³/mol. The first-order chi connectivity index (χ1) is 7.88. The van der Waals surface area contributed by atoms with Crippen LogP contribution in [0.5, 0.6) is 5.75 Å². The number of hydrogen-bond acceptors (Lipinski definition) is 5. The second-order valence-corrected chi connectivity index (χ2v) is 3.15. The summed E-state index contributed by atoms with van der Waals surface area (Å²) in [6.07, 6.45) is 0. The van der Waals surface area contributed by atoms with Crippen molar-refractivity contribution in [2.24, 2.45) is 0 Å². The van der Waals surface area contributed by atoms with Gasteiger partial charge in [-0.2, -0.15) is 4.98 Å². The van der Waals surface area contributed by atoms with Crippen LogP contribution in [-0.2, 0) is 6.61 Å². The van der Waals surface area contributed by atoms with Crippen molar-refractivity contribution in [3.05, 3.63) is 36.2 Å². The molecule has 0 saturated heterocycles. The van der Waals surface area contributed by atoms with Gasteiger partial charge in [0.15, 0.2) is 6.61 Å². The van der Waals surface area contributed by atoms with Crippen molar-refractivity contribution in [3.8, 4) is 5.75 Å². The van der Waals surface area contributed by atoms with Crippen LogP contribution in [0.3, 0.4) is 0 Å². The average Bonchev–Trinajstić information content (AvgIpc) is 2.76. The molecule has 0 aliphatic heterocycles. The quantitative estimate of drug-likeness (QED) is 0.834. The van der Waals surface area contributed by atoms with Gasteiger partial charge in [0.05, 0.1) is 0 Å². The standard InChI is InChI=1S/C11H13N3O2/c1-2-12-11-13-10(14-16-11)8-15-9-6-4-3-5-7-9/h3-7H,2,8H2,1H3,(H,12,13,14). The van der Waals surface area contributed by atoms with Crippen LogP contribution in [0.1, 0.15) is 12.7 Å². The number of hydrogen-bond donors (Lipinski definition) is 1. The zero-order valence-corrected chi connectivity index (χ0v) is 9.01. The molecule has 1 aromatic carbocycles. The van der Waals surface area contributed by atoms with Crippen LogP contribution >= 0.6 is 0 Å². The van der Waals surface area contributed by atoms with Gasteiger partial charge in [-0.3, -0.25) is 0 Å². The molecule has 0 saturated carbocycles. The molecule has 16 heavy (non-hydrogen) atoms. The van der Waals surface area contributed by atoms with Crippen molar-refractivity contribution in [2.75, 3.05) is 11.9 Å². The highest BCUT2D eigenvalue weighted by molar-refractivity contribution is 5.21. The molecule has 1 aromatic heterocycles. The molecule has 0 unspecified atom stereocenters. The van der Waals surface area contributed by atoms with Crippen molar-refractivity contribution in [1.29, 1.82) is 0 Å². The minimum atomic E-state index is 0.304. The number of para-hydroxylation sites is 1. The van der Waals surface area contributed by atoms with Gasteiger partial charge in [-0.05, 0) is 19.1 Å². The molecule has 0 aliphatic rings. The van der Waals surface area contributed by atoms with Gasteiger partial charge in [0.2, 0.25) is 5.82 Å². The molecule has 84 valence electrons. The molecule has 0 atom stereocenters. The zero-order chi connectivity index (χ0) is 11.2. The molecule has 0 radical (unpaired) electrons. The topological polar surface area (TPSA) is 60.2 Å². The van der Waals surface area contributed by atoms with E-state index in [0.29, 0.717) is 18.4 Å². The van der Waals surface area contributed by atoms with E-state index in [1.165, 1.54) is 0 Å². The number of anilines is 1. The summed E-state index contributed by atoms with van der Waals surface area (Å²) in [7, 11) is 0. The molecule has 1 N–H and O–H groups in total. The van der Waals surface area contributed by atoms with E-state index < -0.39 is 0 Å². The number of nitrogens with zero attached hydrogens (tertiary/aromatic N) is 2. The van der Waals surface area contributed by atoms with Crippen LogP contribution in [0.4, 0.5) is 6.01 Å². The molecule has 2 aromatic rings. The Kier molecular flexibility index (Phi) is 3.38. The fraction of sp³-hybridized carbons (Fsp3) is 0.273. The van der Waals surface area contributed by atoms with Crippen molar-refractivity contribution >= 4 is 6.01 Å². The van der Waals surface area contributed by atoms with Crippen LogP contribution in [0.15, 0.2) is 34.9 Å². The van der Waals surface area contributed by atoms with Crippen LogP contribution in [0, 0.1) is 0 Å². The number of nitrogens with one attached hydrogen (secondary N) is 1. The van der Waals surface area contributed by atoms with Crippen LogP contribution in [-0.4, -0.2) is 16.7 Å². The molecular weight excluding hydrogens is 206 g/mol. The van der Waals surface area contributed by atoms with Crippen LogP contribution in [0.2, 0.25) is 0 Å². The fourth-order valence-electron chi connectivity index (χ4n) is 1.20. The lowest BCUT2D eigenvalue weighted by atomic mass is 10.3. The van der Waals surface area contributed by atoms with Gasteiger partial charge in [-0.15, -0.1) is 0 Å². The highest BCUT2D eigenvalue weighted by Crippen LogP contribution is 2.11. The van der Waals surface area contributed by atoms with E-state index in [0.717, 1.165) is 12.3 Å². The van der Waals surface area contributed by atoms with Gasteiger partial charge in [-0.25, -0.2) is 0 Å². The van der Waals surface area contributed by atoms with Crippen molar-refractivity contribution in [3.63, 3.8) is 0 Å². The van der Waals surface area contributed by atoms with Crippen molar-refractivity contribution in [1.82, 2.24) is 10.1 Å². The monoisotopic (exact) mass is 219 g/mol. The van der Waals surface area contributed by atoms with Gasteiger partial charge in [0.1, 0.15) is 5.75 Å². The summed E-state index contributed by atoms with van der Waals surface area (Å²) in [6.45, 7) is 3.02. The lowest BCUT2D eigenvalue weighted by Gasteiger charge is -2.01. The predicted octanol–water partition coefficient (Wildman–Crippen LogP) is 2.08. The maximum absolute atomic E-state index is 5.47. The van der Waals surface area contributed by atoms with E-state index in [2.05, 4.69) is 15.5 Å². The SMILES string of the molecule is CCNc1nc(COc2ccccc2)no1. The van der Waals surface area contributed by atoms with Crippen LogP contribution in [0.25, 0.3) is 0 Å². The van der Waals surface area contributed by atoms with E-state index in [1.54, 1.807) is 0 Å². The lowest BCUT2D eigenvalue weighted by molar-refractivity contribution is 0.287. The summed E-state index contributed by atoms with van der Waals surface area (Å²) in [5.41, 5.74) is 0. The Morgan fingerprint density at radius 3 is 2.88 bits per heavy atom. The lowest BCUT2D eigenvalue weighted by Crippen LogP contribution is -1.99. The molecule has 0 spiro atoms. The largest absolute Gasteiger partial charge is 0.485 e. The maximum Gasteiger partial charge on any atom is 0.321 e. The molecule has 1 heterocycles. The first-order valence-corrected chi connectivity index (χ1v) is 5.13. The van der Waals surface area contributed by atoms with Gasteiger partial charge in [-0.1, -0.05) is 23.4 Å². The minimum Gasteiger partial charge on any atom is -0.485 e. The molecule has 0 aliphatic carbocycles. The number of ether oxygens (including phenoxy) is 1. The van der Waals surface area contributed by atoms with E-state index in [9.17, 15) is 0 Å². The van der Waals surface area contributed by atoms with Gasteiger partial charge in [0, 0.05) is 6.54 Å². The first kappa shape index (κ1) is 10.5. The Balaban J connectivity index is 1.89. The van der Waals surface area contributed by atoms with E-state index >= 15 is 0 Å². The van der Waals surface area contributed by atoms with Gasteiger partial charge in [0.25, 0.3) is 0 Å². The summed E-state index contributed by atoms with van der Waals surface area (Å²) >= 11 is 0. The van der Waals surface area contributed by atoms with Crippen LogP contribution < -0.4 is 10.1 Å². The summed E-state index contributed by atoms with van der Waals surface area (Å²) in [5, 5.41) is 6.71. The third kappa shape index (κ3) is 2.73. The number of benzene rings is 1. The molecule has 5 heteroatoms. The summed E-state index contributed by atoms with van der Waals surface area (Å²) < 4.78 is 10.4.